The molecule has 2 aliphatic heterocycles. The first kappa shape index (κ1) is 18.7. The maximum atomic E-state index is 12.8. The van der Waals surface area contributed by atoms with Crippen molar-refractivity contribution in [2.75, 3.05) is 38.6 Å². The summed E-state index contributed by atoms with van der Waals surface area (Å²) < 4.78 is 5.38. The lowest BCUT2D eigenvalue weighted by Crippen LogP contribution is -2.44. The molecule has 1 atom stereocenters. The van der Waals surface area contributed by atoms with E-state index in [1.54, 1.807) is 18.1 Å². The van der Waals surface area contributed by atoms with Gasteiger partial charge in [-0.05, 0) is 43.9 Å². The third-order valence-corrected chi connectivity index (χ3v) is 5.25. The molecule has 6 nitrogen and oxygen atoms in total. The summed E-state index contributed by atoms with van der Waals surface area (Å²) in [4.78, 5) is 29.0. The van der Waals surface area contributed by atoms with E-state index in [2.05, 4.69) is 5.32 Å². The van der Waals surface area contributed by atoms with Gasteiger partial charge >= 0.3 is 6.03 Å². The second kappa shape index (κ2) is 9.03. The number of anilines is 1. The SMILES string of the molecule is COC1CCCN(C(=O)Nc2cccc(C(=O)N3CCCCCC3)c2)C1. The lowest BCUT2D eigenvalue weighted by Gasteiger charge is -2.32. The highest BCUT2D eigenvalue weighted by Gasteiger charge is 2.24. The van der Waals surface area contributed by atoms with E-state index in [9.17, 15) is 9.59 Å². The number of nitrogens with one attached hydrogen (secondary N) is 1. The van der Waals surface area contributed by atoms with E-state index in [1.165, 1.54) is 12.8 Å². The Morgan fingerprint density at radius 1 is 1.04 bits per heavy atom. The molecule has 0 bridgehead atoms. The minimum atomic E-state index is -0.133. The molecule has 0 spiro atoms. The number of rotatable bonds is 3. The van der Waals surface area contributed by atoms with E-state index in [-0.39, 0.29) is 18.0 Å². The molecule has 0 saturated carbocycles. The molecule has 2 fully saturated rings. The molecule has 2 saturated heterocycles. The molecule has 2 heterocycles. The van der Waals surface area contributed by atoms with E-state index < -0.39 is 0 Å². The van der Waals surface area contributed by atoms with Crippen LogP contribution < -0.4 is 5.32 Å². The fourth-order valence-corrected chi connectivity index (χ4v) is 3.70. The third-order valence-electron chi connectivity index (χ3n) is 5.25. The third kappa shape index (κ3) is 4.75. The first-order valence-corrected chi connectivity index (χ1v) is 9.65. The van der Waals surface area contributed by atoms with E-state index in [1.807, 2.05) is 23.1 Å². The summed E-state index contributed by atoms with van der Waals surface area (Å²) in [5, 5.41) is 2.93. The Bertz CT molecular complexity index is 626. The number of likely N-dealkylation sites (tertiary alicyclic amines) is 2. The van der Waals surface area contributed by atoms with Crippen molar-refractivity contribution >= 4 is 17.6 Å². The number of carbonyl (C=O) groups excluding carboxylic acids is 2. The van der Waals surface area contributed by atoms with Crippen molar-refractivity contribution in [3.05, 3.63) is 29.8 Å². The van der Waals surface area contributed by atoms with Gasteiger partial charge in [0, 0.05) is 44.5 Å². The van der Waals surface area contributed by atoms with Crippen LogP contribution in [-0.4, -0.2) is 61.1 Å². The fourth-order valence-electron chi connectivity index (χ4n) is 3.70. The monoisotopic (exact) mass is 359 g/mol. The highest BCUT2D eigenvalue weighted by atomic mass is 16.5. The number of carbonyl (C=O) groups is 2. The average molecular weight is 359 g/mol. The summed E-state index contributed by atoms with van der Waals surface area (Å²) in [5.41, 5.74) is 1.30. The second-order valence-corrected chi connectivity index (χ2v) is 7.16. The average Bonchev–Trinajstić information content (AvgIpc) is 2.97. The van der Waals surface area contributed by atoms with Crippen molar-refractivity contribution in [2.24, 2.45) is 0 Å². The van der Waals surface area contributed by atoms with Crippen molar-refractivity contribution in [3.63, 3.8) is 0 Å². The molecule has 6 heteroatoms. The molecule has 0 aromatic heterocycles. The number of hydrogen-bond donors (Lipinski definition) is 1. The highest BCUT2D eigenvalue weighted by Crippen LogP contribution is 2.18. The number of hydrogen-bond acceptors (Lipinski definition) is 3. The second-order valence-electron chi connectivity index (χ2n) is 7.16. The van der Waals surface area contributed by atoms with Crippen LogP contribution in [0.1, 0.15) is 48.9 Å². The highest BCUT2D eigenvalue weighted by molar-refractivity contribution is 5.97. The van der Waals surface area contributed by atoms with Crippen molar-refractivity contribution in [2.45, 2.75) is 44.6 Å². The molecule has 3 amide bonds. The van der Waals surface area contributed by atoms with Crippen LogP contribution >= 0.6 is 0 Å². The van der Waals surface area contributed by atoms with E-state index in [0.717, 1.165) is 45.3 Å². The molecule has 1 unspecified atom stereocenters. The number of ether oxygens (including phenoxy) is 1. The standard InChI is InChI=1S/C20H29N3O3/c1-26-18-10-7-13-23(15-18)20(25)21-17-9-6-8-16(14-17)19(24)22-11-4-2-3-5-12-22/h6,8-9,14,18H,2-5,7,10-13,15H2,1H3,(H,21,25). The predicted molar refractivity (Wildman–Crippen MR) is 101 cm³/mol. The smallest absolute Gasteiger partial charge is 0.321 e. The van der Waals surface area contributed by atoms with Crippen LogP contribution in [0.5, 0.6) is 0 Å². The molecule has 2 aliphatic rings. The largest absolute Gasteiger partial charge is 0.380 e. The Hall–Kier alpha value is -2.08. The van der Waals surface area contributed by atoms with Crippen molar-refractivity contribution < 1.29 is 14.3 Å². The van der Waals surface area contributed by atoms with E-state index in [0.29, 0.717) is 17.8 Å². The Morgan fingerprint density at radius 3 is 2.50 bits per heavy atom. The molecule has 1 aromatic rings. The normalized spacial score (nSPS) is 21.2. The maximum Gasteiger partial charge on any atom is 0.321 e. The van der Waals surface area contributed by atoms with E-state index >= 15 is 0 Å². The topological polar surface area (TPSA) is 61.9 Å². The van der Waals surface area contributed by atoms with Gasteiger partial charge in [-0.3, -0.25) is 4.79 Å². The lowest BCUT2D eigenvalue weighted by atomic mass is 10.1. The number of amides is 3. The summed E-state index contributed by atoms with van der Waals surface area (Å²) in [5.74, 6) is 0.0559. The molecule has 1 N–H and O–H groups in total. The van der Waals surface area contributed by atoms with Crippen LogP contribution in [0.25, 0.3) is 0 Å². The van der Waals surface area contributed by atoms with Gasteiger partial charge in [0.05, 0.1) is 6.10 Å². The number of piperidine rings is 1. The summed E-state index contributed by atoms with van der Waals surface area (Å²) >= 11 is 0. The van der Waals surface area contributed by atoms with Gasteiger partial charge in [0.1, 0.15) is 0 Å². The van der Waals surface area contributed by atoms with Crippen LogP contribution in [0.3, 0.4) is 0 Å². The van der Waals surface area contributed by atoms with Crippen LogP contribution in [0.4, 0.5) is 10.5 Å². The first-order valence-electron chi connectivity index (χ1n) is 9.65. The summed E-state index contributed by atoms with van der Waals surface area (Å²) in [6.07, 6.45) is 6.55. The van der Waals surface area contributed by atoms with Gasteiger partial charge in [0.25, 0.3) is 5.91 Å². The Labute approximate surface area is 155 Å². The summed E-state index contributed by atoms with van der Waals surface area (Å²) in [7, 11) is 1.68. The zero-order chi connectivity index (χ0) is 18.4. The Kier molecular flexibility index (Phi) is 6.50. The number of methoxy groups -OCH3 is 1. The predicted octanol–water partition coefficient (Wildman–Crippen LogP) is 3.35. The Morgan fingerprint density at radius 2 is 1.77 bits per heavy atom. The van der Waals surface area contributed by atoms with Crippen molar-refractivity contribution in [1.82, 2.24) is 9.80 Å². The van der Waals surface area contributed by atoms with Crippen LogP contribution in [0, 0.1) is 0 Å². The molecule has 0 radical (unpaired) electrons. The molecule has 1 aromatic carbocycles. The van der Waals surface area contributed by atoms with Crippen LogP contribution in [0.2, 0.25) is 0 Å². The number of benzene rings is 1. The molecule has 0 aliphatic carbocycles. The van der Waals surface area contributed by atoms with Gasteiger partial charge in [0.15, 0.2) is 0 Å². The van der Waals surface area contributed by atoms with Gasteiger partial charge in [-0.2, -0.15) is 0 Å². The maximum absolute atomic E-state index is 12.8. The number of nitrogens with zero attached hydrogens (tertiary/aromatic N) is 2. The lowest BCUT2D eigenvalue weighted by molar-refractivity contribution is 0.0458. The van der Waals surface area contributed by atoms with Crippen molar-refractivity contribution in [1.29, 1.82) is 0 Å². The van der Waals surface area contributed by atoms with Gasteiger partial charge in [0.2, 0.25) is 0 Å². The summed E-state index contributed by atoms with van der Waals surface area (Å²) in [6, 6.07) is 7.13. The van der Waals surface area contributed by atoms with Crippen LogP contribution in [-0.2, 0) is 4.74 Å². The molecule has 3 rings (SSSR count). The minimum absolute atomic E-state index is 0.0559. The zero-order valence-electron chi connectivity index (χ0n) is 15.6. The number of urea groups is 1. The zero-order valence-corrected chi connectivity index (χ0v) is 15.6. The van der Waals surface area contributed by atoms with Crippen molar-refractivity contribution in [3.8, 4) is 0 Å². The van der Waals surface area contributed by atoms with Gasteiger partial charge < -0.3 is 19.9 Å². The van der Waals surface area contributed by atoms with Gasteiger partial charge in [-0.1, -0.05) is 18.9 Å². The van der Waals surface area contributed by atoms with Crippen LogP contribution in [0.15, 0.2) is 24.3 Å². The molecular formula is C20H29N3O3. The Balaban J connectivity index is 1.63. The van der Waals surface area contributed by atoms with Gasteiger partial charge in [-0.15, -0.1) is 0 Å². The van der Waals surface area contributed by atoms with E-state index in [4.69, 9.17) is 4.74 Å². The molecular weight excluding hydrogens is 330 g/mol. The quantitative estimate of drug-likeness (QED) is 0.900. The fraction of sp³-hybridized carbons (Fsp3) is 0.600. The first-order chi connectivity index (χ1) is 12.7. The molecule has 26 heavy (non-hydrogen) atoms. The van der Waals surface area contributed by atoms with Gasteiger partial charge in [-0.25, -0.2) is 4.79 Å². The summed E-state index contributed by atoms with van der Waals surface area (Å²) in [6.45, 7) is 2.98. The molecule has 142 valence electrons. The minimum Gasteiger partial charge on any atom is -0.380 e.